The van der Waals surface area contributed by atoms with Crippen LogP contribution in [0, 0.1) is 0 Å². The molecule has 0 amide bonds. The van der Waals surface area contributed by atoms with E-state index in [9.17, 15) is 0 Å². The third-order valence-corrected chi connectivity index (χ3v) is 11.0. The van der Waals surface area contributed by atoms with Crippen LogP contribution in [0.1, 0.15) is 12.7 Å². The maximum Gasteiger partial charge on any atom is 0.175 e. The molecule has 3 heterocycles. The summed E-state index contributed by atoms with van der Waals surface area (Å²) in [6, 6.07) is 40.2. The summed E-state index contributed by atoms with van der Waals surface area (Å²) < 4.78 is 17.8. The van der Waals surface area contributed by atoms with Crippen LogP contribution in [-0.4, -0.2) is 19.5 Å². The molecule has 8 rings (SSSR count). The minimum Gasteiger partial charge on any atom is -0.308 e. The zero-order chi connectivity index (χ0) is 27.6. The number of aromatic nitrogens is 4. The number of hydrogen-bond donors (Lipinski definition) is 0. The van der Waals surface area contributed by atoms with E-state index in [1.54, 1.807) is 0 Å². The molecule has 2 aromatic heterocycles. The van der Waals surface area contributed by atoms with Crippen molar-refractivity contribution in [2.24, 2.45) is 0 Å². The van der Waals surface area contributed by atoms with Crippen LogP contribution in [0.3, 0.4) is 0 Å². The van der Waals surface area contributed by atoms with Gasteiger partial charge in [0.1, 0.15) is 5.82 Å². The van der Waals surface area contributed by atoms with Gasteiger partial charge in [-0.05, 0) is 36.4 Å². The number of hydrogen-bond acceptors (Lipinski definition) is 4. The van der Waals surface area contributed by atoms with E-state index in [0.29, 0.717) is 0 Å². The quantitative estimate of drug-likeness (QED) is 0.227. The minimum atomic E-state index is -3.25. The first-order valence-corrected chi connectivity index (χ1v) is 15.5. The van der Waals surface area contributed by atoms with Crippen molar-refractivity contribution in [2.45, 2.75) is 13.3 Å². The van der Waals surface area contributed by atoms with E-state index in [0.717, 1.165) is 78.4 Å². The lowest BCUT2D eigenvalue weighted by Crippen LogP contribution is -2.33. The van der Waals surface area contributed by atoms with Crippen LogP contribution in [0.15, 0.2) is 121 Å². The number of nitrogens with zero attached hydrogens (tertiary/aromatic N) is 4. The van der Waals surface area contributed by atoms with E-state index in [4.69, 9.17) is 15.0 Å². The van der Waals surface area contributed by atoms with Crippen molar-refractivity contribution in [3.63, 3.8) is 0 Å². The molecule has 0 spiro atoms. The Kier molecular flexibility index (Phi) is 5.31. The van der Waals surface area contributed by atoms with Gasteiger partial charge in [-0.2, -0.15) is 0 Å². The highest BCUT2D eigenvalue weighted by Crippen LogP contribution is 2.50. The Morgan fingerprint density at radius 3 is 1.95 bits per heavy atom. The van der Waals surface area contributed by atoms with Crippen molar-refractivity contribution >= 4 is 45.1 Å². The first-order valence-electron chi connectivity index (χ1n) is 13.8. The minimum absolute atomic E-state index is 0.763. The van der Waals surface area contributed by atoms with Crippen LogP contribution >= 0.6 is 7.14 Å². The van der Waals surface area contributed by atoms with Crippen molar-refractivity contribution in [3.8, 4) is 28.2 Å². The summed E-state index contributed by atoms with van der Waals surface area (Å²) in [6.45, 7) is 2.11. The number of aryl methyl sites for hydroxylation is 1. The monoisotopic (exact) mass is 548 g/mol. The largest absolute Gasteiger partial charge is 0.308 e. The molecule has 196 valence electrons. The lowest BCUT2D eigenvalue weighted by atomic mass is 10.0. The van der Waals surface area contributed by atoms with Crippen LogP contribution in [0.5, 0.6) is 0 Å². The van der Waals surface area contributed by atoms with Gasteiger partial charge >= 0.3 is 0 Å². The molecule has 0 radical (unpaired) electrons. The summed E-state index contributed by atoms with van der Waals surface area (Å²) in [5.74, 6) is 0.955. The Hall–Kier alpha value is -4.86. The maximum absolute atomic E-state index is 15.6. The third-order valence-electron chi connectivity index (χ3n) is 7.95. The Labute approximate surface area is 237 Å². The summed E-state index contributed by atoms with van der Waals surface area (Å²) >= 11 is 0. The molecule has 1 aliphatic heterocycles. The molecule has 7 aromatic rings. The first kappa shape index (κ1) is 24.0. The highest BCUT2D eigenvalue weighted by Gasteiger charge is 2.40. The van der Waals surface area contributed by atoms with E-state index in [1.807, 2.05) is 91.0 Å². The molecule has 0 fully saturated rings. The first-order chi connectivity index (χ1) is 20.2. The third kappa shape index (κ3) is 3.49. The molecular formula is C35H25N4OP. The normalized spacial score (nSPS) is 15.7. The van der Waals surface area contributed by atoms with Gasteiger partial charge in [0, 0.05) is 33.5 Å². The second-order valence-corrected chi connectivity index (χ2v) is 13.0. The smallest absolute Gasteiger partial charge is 0.175 e. The van der Waals surface area contributed by atoms with Gasteiger partial charge in [0.05, 0.1) is 39.1 Å². The van der Waals surface area contributed by atoms with E-state index >= 15 is 4.57 Å². The van der Waals surface area contributed by atoms with Crippen LogP contribution < -0.4 is 15.9 Å². The van der Waals surface area contributed by atoms with Gasteiger partial charge in [0.15, 0.2) is 7.14 Å². The van der Waals surface area contributed by atoms with Crippen molar-refractivity contribution in [1.82, 2.24) is 19.5 Å². The van der Waals surface area contributed by atoms with Crippen molar-refractivity contribution in [2.75, 3.05) is 0 Å². The van der Waals surface area contributed by atoms with Crippen LogP contribution in [0.25, 0.3) is 50.3 Å². The zero-order valence-electron chi connectivity index (χ0n) is 22.4. The van der Waals surface area contributed by atoms with Gasteiger partial charge < -0.3 is 4.57 Å². The molecule has 5 nitrogen and oxygen atoms in total. The molecule has 0 aliphatic carbocycles. The topological polar surface area (TPSA) is 60.7 Å². The fourth-order valence-electron chi connectivity index (χ4n) is 6.06. The highest BCUT2D eigenvalue weighted by molar-refractivity contribution is 7.86. The van der Waals surface area contributed by atoms with E-state index in [1.165, 1.54) is 0 Å². The SMILES string of the molecule is CCc1nc2cccc3c2n1-c1ccc(-c2nc4ccccc4nc2-c2ccccc2)cc1P3(=O)c1ccccc1. The van der Waals surface area contributed by atoms with Gasteiger partial charge in [-0.1, -0.05) is 91.9 Å². The van der Waals surface area contributed by atoms with Gasteiger partial charge in [0.2, 0.25) is 0 Å². The lowest BCUT2D eigenvalue weighted by molar-refractivity contribution is 0.592. The Bertz CT molecular complexity index is 2170. The Morgan fingerprint density at radius 1 is 0.610 bits per heavy atom. The molecule has 0 N–H and O–H groups in total. The summed E-state index contributed by atoms with van der Waals surface area (Å²) in [5.41, 5.74) is 7.81. The molecule has 1 atom stereocenters. The average molecular weight is 549 g/mol. The number of rotatable bonds is 4. The van der Waals surface area contributed by atoms with Gasteiger partial charge in [-0.15, -0.1) is 0 Å². The summed E-state index contributed by atoms with van der Waals surface area (Å²) in [4.78, 5) is 15.1. The molecule has 41 heavy (non-hydrogen) atoms. The summed E-state index contributed by atoms with van der Waals surface area (Å²) in [7, 11) is -3.25. The van der Waals surface area contributed by atoms with Crippen LogP contribution in [-0.2, 0) is 11.0 Å². The second kappa shape index (κ2) is 9.09. The Balaban J connectivity index is 1.47. The Morgan fingerprint density at radius 2 is 1.24 bits per heavy atom. The average Bonchev–Trinajstić information content (AvgIpc) is 3.43. The van der Waals surface area contributed by atoms with Crippen LogP contribution in [0.2, 0.25) is 0 Å². The molecular weight excluding hydrogens is 523 g/mol. The fraction of sp³-hybridized carbons (Fsp3) is 0.0571. The van der Waals surface area contributed by atoms with Crippen LogP contribution in [0.4, 0.5) is 0 Å². The van der Waals surface area contributed by atoms with Gasteiger partial charge in [-0.3, -0.25) is 4.57 Å². The van der Waals surface area contributed by atoms with Crippen molar-refractivity contribution in [1.29, 1.82) is 0 Å². The molecule has 1 unspecified atom stereocenters. The molecule has 5 aromatic carbocycles. The van der Waals surface area contributed by atoms with Crippen molar-refractivity contribution < 1.29 is 4.57 Å². The highest BCUT2D eigenvalue weighted by atomic mass is 31.2. The summed E-state index contributed by atoms with van der Waals surface area (Å²) in [6.07, 6.45) is 0.763. The number of fused-ring (bicyclic) bond motifs is 3. The molecule has 0 saturated carbocycles. The van der Waals surface area contributed by atoms with Gasteiger partial charge in [-0.25, -0.2) is 15.0 Å². The predicted octanol–water partition coefficient (Wildman–Crippen LogP) is 6.82. The van der Waals surface area contributed by atoms with E-state index < -0.39 is 7.14 Å². The zero-order valence-corrected chi connectivity index (χ0v) is 23.3. The summed E-state index contributed by atoms with van der Waals surface area (Å²) in [5, 5.41) is 2.43. The maximum atomic E-state index is 15.6. The lowest BCUT2D eigenvalue weighted by Gasteiger charge is -2.29. The van der Waals surface area contributed by atoms with Gasteiger partial charge in [0.25, 0.3) is 0 Å². The standard InChI is InChI=1S/C35H25N4OP/c1-2-32-36-28-18-11-19-30-35(28)39(32)29-21-20-24(22-31(29)41(30,40)25-14-7-4-8-15-25)34-33(23-12-5-3-6-13-23)37-26-16-9-10-17-27(26)38-34/h3-22H,2H2,1H3. The second-order valence-electron chi connectivity index (χ2n) is 10.3. The number of para-hydroxylation sites is 3. The molecule has 0 saturated heterocycles. The van der Waals surface area contributed by atoms with Crippen molar-refractivity contribution in [3.05, 3.63) is 127 Å². The molecule has 1 aliphatic rings. The number of imidazole rings is 1. The number of benzene rings is 5. The molecule has 0 bridgehead atoms. The predicted molar refractivity (Wildman–Crippen MR) is 167 cm³/mol. The fourth-order valence-corrected chi connectivity index (χ4v) is 9.10. The van der Waals surface area contributed by atoms with E-state index in [2.05, 4.69) is 41.8 Å². The molecule has 6 heteroatoms. The van der Waals surface area contributed by atoms with E-state index in [-0.39, 0.29) is 0 Å².